The van der Waals surface area contributed by atoms with Crippen LogP contribution in [0.5, 0.6) is 5.75 Å². The van der Waals surface area contributed by atoms with Crippen molar-refractivity contribution in [3.05, 3.63) is 99.8 Å². The first kappa shape index (κ1) is 28.6. The number of fused-ring (bicyclic) bond motifs is 3. The van der Waals surface area contributed by atoms with Crippen LogP contribution in [0, 0.1) is 17.8 Å². The minimum atomic E-state index is -1.04. The van der Waals surface area contributed by atoms with E-state index in [2.05, 4.69) is 27.8 Å². The Bertz CT molecular complexity index is 1560. The van der Waals surface area contributed by atoms with Crippen molar-refractivity contribution < 1.29 is 24.4 Å². The summed E-state index contributed by atoms with van der Waals surface area (Å²) in [6.45, 7) is 2.08. The predicted molar refractivity (Wildman–Crippen MR) is 166 cm³/mol. The third-order valence-electron chi connectivity index (χ3n) is 8.74. The van der Waals surface area contributed by atoms with Crippen molar-refractivity contribution >= 4 is 52.2 Å². The van der Waals surface area contributed by atoms with Crippen LogP contribution in [0.25, 0.3) is 11.6 Å². The van der Waals surface area contributed by atoms with Crippen LogP contribution in [0.1, 0.15) is 43.9 Å². The monoisotopic (exact) mass is 626 g/mol. The number of benzene rings is 2. The van der Waals surface area contributed by atoms with Gasteiger partial charge in [-0.05, 0) is 97.6 Å². The largest absolute Gasteiger partial charge is 0.507 e. The van der Waals surface area contributed by atoms with Crippen molar-refractivity contribution in [2.45, 2.75) is 45.0 Å². The average Bonchev–Trinajstić information content (AvgIpc) is 3.26. The molecule has 2 aromatic carbocycles. The van der Waals surface area contributed by atoms with E-state index in [4.69, 9.17) is 4.65 Å². The molecule has 0 unspecified atom stereocenters. The predicted octanol–water partition coefficient (Wildman–Crippen LogP) is 6.28. The molecule has 3 aliphatic rings. The summed E-state index contributed by atoms with van der Waals surface area (Å²) in [5, 5.41) is 21.4. The Kier molecular flexibility index (Phi) is 8.16. The van der Waals surface area contributed by atoms with Gasteiger partial charge >= 0.3 is 7.12 Å². The number of imide groups is 1. The Hall–Kier alpha value is -3.53. The number of amides is 2. The first-order valence-corrected chi connectivity index (χ1v) is 15.2. The number of hydrogen-bond acceptors (Lipinski definition) is 6. The fourth-order valence-corrected chi connectivity index (χ4v) is 7.26. The summed E-state index contributed by atoms with van der Waals surface area (Å²) in [6, 6.07) is 20.1. The second kappa shape index (κ2) is 12.0. The zero-order chi connectivity index (χ0) is 29.4. The van der Waals surface area contributed by atoms with Gasteiger partial charge in [-0.15, -0.1) is 0 Å². The van der Waals surface area contributed by atoms with Crippen LogP contribution in [0.2, 0.25) is 6.32 Å². The number of aromatic hydroxyl groups is 1. The van der Waals surface area contributed by atoms with E-state index in [1.54, 1.807) is 30.5 Å². The standard InChI is InChI=1S/C33H32BBrN2O5/c1-2-20-18-25-31(33(40)37(32(25)39)24-8-4-3-5-9-24)26-19-34(41)42-29(30(20)26)14-11-21(27-10-6-7-15-36-27)16-22-17-23(35)12-13-28(22)38/h3-10,12-13,15-17,25-26,29,31,38,41H,2,11,14,18-19H2,1H3/b21-16-/t25-,26+,29-,31-/m1/s1. The molecule has 7 nitrogen and oxygen atoms in total. The molecule has 1 aliphatic carbocycles. The number of pyridine rings is 1. The smallest absolute Gasteiger partial charge is 0.455 e. The average molecular weight is 627 g/mol. The Labute approximate surface area is 254 Å². The lowest BCUT2D eigenvalue weighted by atomic mass is 9.58. The van der Waals surface area contributed by atoms with Gasteiger partial charge in [0.05, 0.1) is 29.3 Å². The lowest BCUT2D eigenvalue weighted by molar-refractivity contribution is -0.122. The molecule has 3 heterocycles. The number of rotatable bonds is 7. The number of hydrogen-bond donors (Lipinski definition) is 2. The molecular weight excluding hydrogens is 595 g/mol. The maximum Gasteiger partial charge on any atom is 0.455 e. The van der Waals surface area contributed by atoms with Gasteiger partial charge in [0, 0.05) is 16.2 Å². The molecular formula is C33H32BBrN2O5. The molecule has 4 atom stereocenters. The van der Waals surface area contributed by atoms with Gasteiger partial charge in [0.2, 0.25) is 11.8 Å². The number of allylic oxidation sites excluding steroid dienone is 2. The van der Waals surface area contributed by atoms with Gasteiger partial charge in [-0.2, -0.15) is 0 Å². The molecule has 2 N–H and O–H groups in total. The number of phenolic OH excluding ortho intramolecular Hbond substituents is 1. The molecule has 0 bridgehead atoms. The highest BCUT2D eigenvalue weighted by atomic mass is 79.9. The molecule has 2 amide bonds. The van der Waals surface area contributed by atoms with Gasteiger partial charge in [-0.1, -0.05) is 52.7 Å². The third kappa shape index (κ3) is 5.37. The Morgan fingerprint density at radius 3 is 2.62 bits per heavy atom. The Morgan fingerprint density at radius 2 is 1.88 bits per heavy atom. The molecule has 9 heteroatoms. The lowest BCUT2D eigenvalue weighted by Crippen LogP contribution is -2.46. The molecule has 6 rings (SSSR count). The maximum atomic E-state index is 13.8. The maximum absolute atomic E-state index is 13.8. The molecule has 1 aromatic heterocycles. The second-order valence-corrected chi connectivity index (χ2v) is 12.1. The van der Waals surface area contributed by atoms with Crippen molar-refractivity contribution in [1.29, 1.82) is 0 Å². The zero-order valence-electron chi connectivity index (χ0n) is 23.3. The van der Waals surface area contributed by atoms with Gasteiger partial charge in [0.15, 0.2) is 0 Å². The molecule has 0 saturated carbocycles. The number of aromatic nitrogens is 1. The van der Waals surface area contributed by atoms with Gasteiger partial charge in [-0.25, -0.2) is 0 Å². The molecule has 42 heavy (non-hydrogen) atoms. The summed E-state index contributed by atoms with van der Waals surface area (Å²) in [7, 11) is -1.04. The molecule has 0 radical (unpaired) electrons. The molecule has 3 aromatic rings. The molecule has 2 aliphatic heterocycles. The van der Waals surface area contributed by atoms with Crippen molar-refractivity contribution in [1.82, 2.24) is 4.98 Å². The van der Waals surface area contributed by atoms with Crippen LogP contribution in [0.3, 0.4) is 0 Å². The second-order valence-electron chi connectivity index (χ2n) is 11.1. The number of para-hydroxylation sites is 1. The van der Waals surface area contributed by atoms with Crippen molar-refractivity contribution in [3.8, 4) is 5.75 Å². The van der Waals surface area contributed by atoms with Gasteiger partial charge in [-0.3, -0.25) is 19.5 Å². The number of nitrogens with zero attached hydrogens (tertiary/aromatic N) is 2. The molecule has 214 valence electrons. The van der Waals surface area contributed by atoms with Gasteiger partial charge < -0.3 is 14.8 Å². The van der Waals surface area contributed by atoms with E-state index >= 15 is 0 Å². The molecule has 0 spiro atoms. The fourth-order valence-electron chi connectivity index (χ4n) is 6.88. The highest BCUT2D eigenvalue weighted by Gasteiger charge is 2.57. The Balaban J connectivity index is 1.32. The van der Waals surface area contributed by atoms with Crippen LogP contribution in [0.4, 0.5) is 5.69 Å². The fraction of sp³-hybridized carbons (Fsp3) is 0.303. The van der Waals surface area contributed by atoms with E-state index in [-0.39, 0.29) is 29.8 Å². The normalized spacial score (nSPS) is 24.2. The van der Waals surface area contributed by atoms with E-state index < -0.39 is 25.1 Å². The Morgan fingerprint density at radius 1 is 1.10 bits per heavy atom. The van der Waals surface area contributed by atoms with Crippen molar-refractivity contribution in [2.24, 2.45) is 17.8 Å². The first-order valence-electron chi connectivity index (χ1n) is 14.4. The summed E-state index contributed by atoms with van der Waals surface area (Å²) < 4.78 is 7.02. The van der Waals surface area contributed by atoms with Crippen LogP contribution in [0.15, 0.2) is 88.5 Å². The minimum Gasteiger partial charge on any atom is -0.507 e. The number of halogens is 1. The lowest BCUT2D eigenvalue weighted by Gasteiger charge is -2.43. The van der Waals surface area contributed by atoms with E-state index in [0.717, 1.165) is 33.3 Å². The van der Waals surface area contributed by atoms with E-state index in [9.17, 15) is 19.7 Å². The van der Waals surface area contributed by atoms with Crippen LogP contribution in [-0.4, -0.2) is 40.2 Å². The summed E-state index contributed by atoms with van der Waals surface area (Å²) >= 11 is 3.49. The summed E-state index contributed by atoms with van der Waals surface area (Å²) in [4.78, 5) is 33.3. The minimum absolute atomic E-state index is 0.159. The van der Waals surface area contributed by atoms with Crippen LogP contribution in [-0.2, 0) is 14.2 Å². The third-order valence-corrected chi connectivity index (χ3v) is 9.23. The van der Waals surface area contributed by atoms with E-state index in [1.165, 1.54) is 4.90 Å². The quantitative estimate of drug-likeness (QED) is 0.182. The highest BCUT2D eigenvalue weighted by Crippen LogP contribution is 2.52. The topological polar surface area (TPSA) is 100.0 Å². The zero-order valence-corrected chi connectivity index (χ0v) is 24.9. The number of carbonyl (C=O) groups excluding carboxylic acids is 2. The number of carbonyl (C=O) groups is 2. The van der Waals surface area contributed by atoms with Crippen LogP contribution >= 0.6 is 15.9 Å². The summed E-state index contributed by atoms with van der Waals surface area (Å²) in [5.41, 5.74) is 5.16. The highest BCUT2D eigenvalue weighted by molar-refractivity contribution is 9.10. The number of phenols is 1. The van der Waals surface area contributed by atoms with Gasteiger partial charge in [0.25, 0.3) is 0 Å². The van der Waals surface area contributed by atoms with Crippen molar-refractivity contribution in [2.75, 3.05) is 4.90 Å². The van der Waals surface area contributed by atoms with Crippen LogP contribution < -0.4 is 4.90 Å². The van der Waals surface area contributed by atoms with E-state index in [1.807, 2.05) is 48.5 Å². The molecule has 2 saturated heterocycles. The van der Waals surface area contributed by atoms with E-state index in [0.29, 0.717) is 30.5 Å². The number of anilines is 1. The molecule has 2 fully saturated rings. The summed E-state index contributed by atoms with van der Waals surface area (Å²) in [5.74, 6) is -1.41. The SMILES string of the molecule is CCC1=C2[C@@H](CC/C(=C/c3cc(Br)ccc3O)c3ccccn3)OB(O)C[C@@H]2[C@@H]2C(=O)N(c3ccccc3)C(=O)[C@@H]2C1. The van der Waals surface area contributed by atoms with Crippen molar-refractivity contribution in [3.63, 3.8) is 0 Å². The first-order chi connectivity index (χ1) is 20.4. The summed E-state index contributed by atoms with van der Waals surface area (Å²) in [6.07, 6.45) is 5.91. The van der Waals surface area contributed by atoms with Gasteiger partial charge in [0.1, 0.15) is 5.75 Å².